The molecule has 0 radical (unpaired) electrons. The van der Waals surface area contributed by atoms with E-state index >= 15 is 0 Å². The minimum atomic E-state index is -0.439. The van der Waals surface area contributed by atoms with Crippen LogP contribution in [0.3, 0.4) is 0 Å². The Kier molecular flexibility index (Phi) is 6.96. The van der Waals surface area contributed by atoms with Gasteiger partial charge in [-0.3, -0.25) is 4.79 Å². The third-order valence-corrected chi connectivity index (χ3v) is 3.46. The first-order valence-corrected chi connectivity index (χ1v) is 8.07. The summed E-state index contributed by atoms with van der Waals surface area (Å²) in [5.74, 6) is -0.00874. The molecule has 0 fully saturated rings. The maximum atomic E-state index is 13.5. The van der Waals surface area contributed by atoms with Crippen LogP contribution >= 0.6 is 23.8 Å². The molecule has 24 heavy (non-hydrogen) atoms. The van der Waals surface area contributed by atoms with E-state index in [1.165, 1.54) is 12.1 Å². The van der Waals surface area contributed by atoms with Gasteiger partial charge in [0.25, 0.3) is 0 Å². The molecule has 0 bridgehead atoms. The van der Waals surface area contributed by atoms with E-state index in [0.29, 0.717) is 23.8 Å². The topological polar surface area (TPSA) is 50.4 Å². The second-order valence-electron chi connectivity index (χ2n) is 4.89. The Labute approximate surface area is 150 Å². The van der Waals surface area contributed by atoms with Crippen LogP contribution in [0, 0.1) is 5.82 Å². The van der Waals surface area contributed by atoms with Crippen molar-refractivity contribution in [2.45, 2.75) is 12.8 Å². The third-order valence-electron chi connectivity index (χ3n) is 3.01. The van der Waals surface area contributed by atoms with E-state index in [-0.39, 0.29) is 23.1 Å². The fourth-order valence-corrected chi connectivity index (χ4v) is 2.21. The SMILES string of the molecule is O=C(CCCOc1ccc(Cl)cc1)NC(=S)Nc1ccccc1F. The zero-order valence-corrected chi connectivity index (χ0v) is 14.3. The molecule has 2 rings (SSSR count). The van der Waals surface area contributed by atoms with E-state index in [4.69, 9.17) is 28.6 Å². The average molecular weight is 367 g/mol. The summed E-state index contributed by atoms with van der Waals surface area (Å²) in [6, 6.07) is 13.1. The summed E-state index contributed by atoms with van der Waals surface area (Å²) in [4.78, 5) is 11.8. The average Bonchev–Trinajstić information content (AvgIpc) is 2.55. The van der Waals surface area contributed by atoms with Crippen molar-refractivity contribution < 1.29 is 13.9 Å². The number of nitrogens with one attached hydrogen (secondary N) is 2. The van der Waals surface area contributed by atoms with Gasteiger partial charge < -0.3 is 15.4 Å². The van der Waals surface area contributed by atoms with E-state index in [1.807, 2.05) is 0 Å². The van der Waals surface area contributed by atoms with Crippen LogP contribution in [0.15, 0.2) is 48.5 Å². The van der Waals surface area contributed by atoms with Gasteiger partial charge in [-0.25, -0.2) is 4.39 Å². The highest BCUT2D eigenvalue weighted by molar-refractivity contribution is 7.80. The quantitative estimate of drug-likeness (QED) is 0.595. The number of rotatable bonds is 6. The molecule has 7 heteroatoms. The van der Waals surface area contributed by atoms with Crippen LogP contribution in [-0.4, -0.2) is 17.6 Å². The molecule has 0 aliphatic heterocycles. The van der Waals surface area contributed by atoms with E-state index in [1.54, 1.807) is 36.4 Å². The smallest absolute Gasteiger partial charge is 0.226 e. The van der Waals surface area contributed by atoms with E-state index in [0.717, 1.165) is 0 Å². The van der Waals surface area contributed by atoms with Crippen molar-refractivity contribution in [1.29, 1.82) is 0 Å². The van der Waals surface area contributed by atoms with Gasteiger partial charge in [-0.1, -0.05) is 23.7 Å². The summed E-state index contributed by atoms with van der Waals surface area (Å²) in [7, 11) is 0. The van der Waals surface area contributed by atoms with Gasteiger partial charge >= 0.3 is 0 Å². The standard InChI is InChI=1S/C17H16ClFN2O2S/c18-12-7-9-13(10-8-12)23-11-3-6-16(22)21-17(24)20-15-5-2-1-4-14(15)19/h1-2,4-5,7-10H,3,6,11H2,(H2,20,21,22,24). The number of para-hydroxylation sites is 1. The number of anilines is 1. The molecule has 0 aliphatic carbocycles. The summed E-state index contributed by atoms with van der Waals surface area (Å²) >= 11 is 10.8. The molecule has 2 N–H and O–H groups in total. The maximum Gasteiger partial charge on any atom is 0.226 e. The summed E-state index contributed by atoms with van der Waals surface area (Å²) in [5.41, 5.74) is 0.217. The Morgan fingerprint density at radius 2 is 1.88 bits per heavy atom. The summed E-state index contributed by atoms with van der Waals surface area (Å²) in [6.07, 6.45) is 0.767. The zero-order chi connectivity index (χ0) is 17.4. The van der Waals surface area contributed by atoms with Gasteiger partial charge in [0.2, 0.25) is 5.91 Å². The van der Waals surface area contributed by atoms with Gasteiger partial charge in [0.15, 0.2) is 5.11 Å². The molecule has 0 heterocycles. The van der Waals surface area contributed by atoms with Crippen molar-refractivity contribution in [1.82, 2.24) is 5.32 Å². The summed E-state index contributed by atoms with van der Waals surface area (Å²) in [6.45, 7) is 0.391. The minimum Gasteiger partial charge on any atom is -0.494 e. The molecular formula is C17H16ClFN2O2S. The molecule has 4 nitrogen and oxygen atoms in total. The highest BCUT2D eigenvalue weighted by Gasteiger charge is 2.07. The maximum absolute atomic E-state index is 13.5. The lowest BCUT2D eigenvalue weighted by atomic mass is 10.3. The Morgan fingerprint density at radius 3 is 2.58 bits per heavy atom. The van der Waals surface area contributed by atoms with Crippen LogP contribution in [-0.2, 0) is 4.79 Å². The highest BCUT2D eigenvalue weighted by atomic mass is 35.5. The number of benzene rings is 2. The lowest BCUT2D eigenvalue weighted by Gasteiger charge is -2.10. The summed E-state index contributed by atoms with van der Waals surface area (Å²) < 4.78 is 19.0. The summed E-state index contributed by atoms with van der Waals surface area (Å²) in [5, 5.41) is 5.84. The fraction of sp³-hybridized carbons (Fsp3) is 0.176. The van der Waals surface area contributed by atoms with Crippen molar-refractivity contribution >= 4 is 40.5 Å². The molecule has 126 valence electrons. The first-order valence-electron chi connectivity index (χ1n) is 7.28. The van der Waals surface area contributed by atoms with E-state index < -0.39 is 5.82 Å². The van der Waals surface area contributed by atoms with E-state index in [9.17, 15) is 9.18 Å². The Bertz CT molecular complexity index is 710. The molecule has 0 aromatic heterocycles. The van der Waals surface area contributed by atoms with Gasteiger partial charge in [0, 0.05) is 11.4 Å². The number of hydrogen-bond donors (Lipinski definition) is 2. The Morgan fingerprint density at radius 1 is 1.17 bits per heavy atom. The Hall–Kier alpha value is -2.18. The number of carbonyl (C=O) groups excluding carboxylic acids is 1. The highest BCUT2D eigenvalue weighted by Crippen LogP contribution is 2.15. The predicted octanol–water partition coefficient (Wildman–Crippen LogP) is 4.15. The lowest BCUT2D eigenvalue weighted by Crippen LogP contribution is -2.34. The van der Waals surface area contributed by atoms with Crippen LogP contribution in [0.2, 0.25) is 5.02 Å². The predicted molar refractivity (Wildman–Crippen MR) is 96.9 cm³/mol. The van der Waals surface area contributed by atoms with Crippen LogP contribution in [0.1, 0.15) is 12.8 Å². The number of amides is 1. The fourth-order valence-electron chi connectivity index (χ4n) is 1.86. The van der Waals surface area contributed by atoms with Crippen LogP contribution in [0.5, 0.6) is 5.75 Å². The van der Waals surface area contributed by atoms with Gasteiger partial charge in [-0.15, -0.1) is 0 Å². The minimum absolute atomic E-state index is 0.0590. The van der Waals surface area contributed by atoms with Crippen molar-refractivity contribution in [3.05, 3.63) is 59.4 Å². The molecule has 2 aromatic rings. The monoisotopic (exact) mass is 366 g/mol. The van der Waals surface area contributed by atoms with Crippen molar-refractivity contribution in [3.8, 4) is 5.75 Å². The first-order chi connectivity index (χ1) is 11.5. The number of carbonyl (C=O) groups is 1. The first kappa shape index (κ1) is 18.2. The van der Waals surface area contributed by atoms with E-state index in [2.05, 4.69) is 10.6 Å². The molecule has 0 spiro atoms. The molecule has 0 saturated heterocycles. The van der Waals surface area contributed by atoms with Crippen molar-refractivity contribution in [3.63, 3.8) is 0 Å². The Balaban J connectivity index is 1.66. The second kappa shape index (κ2) is 9.20. The molecule has 2 aromatic carbocycles. The number of thiocarbonyl (C=S) groups is 1. The third kappa shape index (κ3) is 6.14. The van der Waals surface area contributed by atoms with Gasteiger partial charge in [0.1, 0.15) is 11.6 Å². The van der Waals surface area contributed by atoms with Gasteiger partial charge in [0.05, 0.1) is 12.3 Å². The zero-order valence-electron chi connectivity index (χ0n) is 12.7. The largest absolute Gasteiger partial charge is 0.494 e. The normalized spacial score (nSPS) is 10.1. The molecule has 0 saturated carbocycles. The molecule has 0 aliphatic rings. The lowest BCUT2D eigenvalue weighted by molar-refractivity contribution is -0.119. The molecule has 0 atom stereocenters. The van der Waals surface area contributed by atoms with Crippen molar-refractivity contribution in [2.75, 3.05) is 11.9 Å². The molecular weight excluding hydrogens is 351 g/mol. The van der Waals surface area contributed by atoms with Gasteiger partial charge in [-0.05, 0) is 55.0 Å². The number of halogens is 2. The number of ether oxygens (including phenoxy) is 1. The van der Waals surface area contributed by atoms with Gasteiger partial charge in [-0.2, -0.15) is 0 Å². The van der Waals surface area contributed by atoms with Crippen LogP contribution in [0.4, 0.5) is 10.1 Å². The second-order valence-corrected chi connectivity index (χ2v) is 5.73. The molecule has 0 unspecified atom stereocenters. The number of hydrogen-bond acceptors (Lipinski definition) is 3. The van der Waals surface area contributed by atoms with Crippen LogP contribution < -0.4 is 15.4 Å². The van der Waals surface area contributed by atoms with Crippen molar-refractivity contribution in [2.24, 2.45) is 0 Å². The molecule has 1 amide bonds. The van der Waals surface area contributed by atoms with Crippen LogP contribution in [0.25, 0.3) is 0 Å².